The molecule has 1 N–H and O–H groups in total. The van der Waals surface area contributed by atoms with Gasteiger partial charge in [0.25, 0.3) is 0 Å². The van der Waals surface area contributed by atoms with Crippen LogP contribution >= 0.6 is 0 Å². The molecule has 0 aliphatic rings. The standard InChI is InChI=1S/C12H20N2O2/c1-10-5-4-6-11(13-10)7-14(2)8-12(15)9-16-3/h4-6,12,15H,7-9H2,1-3H3. The van der Waals surface area contributed by atoms with Gasteiger partial charge < -0.3 is 9.84 Å². The number of likely N-dealkylation sites (N-methyl/N-ethyl adjacent to an activating group) is 1. The lowest BCUT2D eigenvalue weighted by Crippen LogP contribution is -2.31. The molecule has 0 radical (unpaired) electrons. The topological polar surface area (TPSA) is 45.6 Å². The fourth-order valence-electron chi connectivity index (χ4n) is 1.63. The zero-order valence-corrected chi connectivity index (χ0v) is 10.2. The van der Waals surface area contributed by atoms with Crippen molar-refractivity contribution in [2.45, 2.75) is 19.6 Å². The van der Waals surface area contributed by atoms with Crippen LogP contribution in [0.4, 0.5) is 0 Å². The first-order chi connectivity index (χ1) is 7.61. The van der Waals surface area contributed by atoms with Crippen molar-refractivity contribution in [1.82, 2.24) is 9.88 Å². The van der Waals surface area contributed by atoms with E-state index in [-0.39, 0.29) is 0 Å². The molecule has 0 spiro atoms. The van der Waals surface area contributed by atoms with Crippen molar-refractivity contribution in [2.75, 3.05) is 27.3 Å². The van der Waals surface area contributed by atoms with Gasteiger partial charge in [0.05, 0.1) is 18.4 Å². The number of aliphatic hydroxyl groups is 1. The summed E-state index contributed by atoms with van der Waals surface area (Å²) in [6, 6.07) is 5.96. The first-order valence-corrected chi connectivity index (χ1v) is 5.40. The van der Waals surface area contributed by atoms with Gasteiger partial charge in [0.15, 0.2) is 0 Å². The summed E-state index contributed by atoms with van der Waals surface area (Å²) in [7, 11) is 3.55. The average Bonchev–Trinajstić information content (AvgIpc) is 2.17. The second kappa shape index (κ2) is 6.58. The molecule has 0 amide bonds. The zero-order valence-electron chi connectivity index (χ0n) is 10.2. The van der Waals surface area contributed by atoms with Gasteiger partial charge in [0, 0.05) is 25.9 Å². The van der Waals surface area contributed by atoms with Crippen LogP contribution in [0.3, 0.4) is 0 Å². The van der Waals surface area contributed by atoms with E-state index in [1.54, 1.807) is 7.11 Å². The Morgan fingerprint density at radius 2 is 2.25 bits per heavy atom. The second-order valence-electron chi connectivity index (χ2n) is 4.08. The van der Waals surface area contributed by atoms with E-state index in [1.165, 1.54) is 0 Å². The van der Waals surface area contributed by atoms with Gasteiger partial charge in [-0.2, -0.15) is 0 Å². The first-order valence-electron chi connectivity index (χ1n) is 5.40. The molecule has 4 heteroatoms. The third-order valence-electron chi connectivity index (χ3n) is 2.26. The van der Waals surface area contributed by atoms with Gasteiger partial charge in [0.2, 0.25) is 0 Å². The Morgan fingerprint density at radius 3 is 2.88 bits per heavy atom. The fraction of sp³-hybridized carbons (Fsp3) is 0.583. The minimum atomic E-state index is -0.445. The predicted molar refractivity (Wildman–Crippen MR) is 63.2 cm³/mol. The number of aryl methyl sites for hydroxylation is 1. The Balaban J connectivity index is 2.42. The molecule has 0 fully saturated rings. The Morgan fingerprint density at radius 1 is 1.50 bits per heavy atom. The van der Waals surface area contributed by atoms with Gasteiger partial charge in [-0.3, -0.25) is 9.88 Å². The largest absolute Gasteiger partial charge is 0.389 e. The molecule has 1 aromatic heterocycles. The van der Waals surface area contributed by atoms with E-state index in [0.717, 1.165) is 17.9 Å². The molecule has 1 rings (SSSR count). The molecule has 16 heavy (non-hydrogen) atoms. The summed E-state index contributed by atoms with van der Waals surface area (Å²) < 4.78 is 4.88. The van der Waals surface area contributed by atoms with Crippen LogP contribution in [0.25, 0.3) is 0 Å². The highest BCUT2D eigenvalue weighted by molar-refractivity contribution is 5.09. The lowest BCUT2D eigenvalue weighted by atomic mass is 10.3. The molecule has 0 saturated carbocycles. The molecule has 1 aromatic rings. The van der Waals surface area contributed by atoms with Crippen molar-refractivity contribution >= 4 is 0 Å². The highest BCUT2D eigenvalue weighted by atomic mass is 16.5. The third-order valence-corrected chi connectivity index (χ3v) is 2.26. The average molecular weight is 224 g/mol. The quantitative estimate of drug-likeness (QED) is 0.777. The Labute approximate surface area is 96.9 Å². The number of aliphatic hydroxyl groups excluding tert-OH is 1. The summed E-state index contributed by atoms with van der Waals surface area (Å²) in [4.78, 5) is 6.45. The van der Waals surface area contributed by atoms with Crippen LogP contribution in [0.1, 0.15) is 11.4 Å². The number of ether oxygens (including phenoxy) is 1. The predicted octanol–water partition coefficient (Wildman–Crippen LogP) is 0.829. The molecule has 1 heterocycles. The van der Waals surface area contributed by atoms with Crippen LogP contribution in [0.5, 0.6) is 0 Å². The Kier molecular flexibility index (Phi) is 5.38. The van der Waals surface area contributed by atoms with Crippen molar-refractivity contribution in [2.24, 2.45) is 0 Å². The lowest BCUT2D eigenvalue weighted by molar-refractivity contribution is 0.0416. The van der Waals surface area contributed by atoms with Crippen molar-refractivity contribution in [3.63, 3.8) is 0 Å². The number of hydrogen-bond acceptors (Lipinski definition) is 4. The Bertz CT molecular complexity index is 318. The van der Waals surface area contributed by atoms with Crippen LogP contribution in [-0.2, 0) is 11.3 Å². The number of pyridine rings is 1. The van der Waals surface area contributed by atoms with Gasteiger partial charge in [-0.15, -0.1) is 0 Å². The normalized spacial score (nSPS) is 13.1. The summed E-state index contributed by atoms with van der Waals surface area (Å²) in [6.45, 7) is 3.67. The number of aromatic nitrogens is 1. The van der Waals surface area contributed by atoms with Gasteiger partial charge in [-0.25, -0.2) is 0 Å². The maximum atomic E-state index is 9.57. The lowest BCUT2D eigenvalue weighted by Gasteiger charge is -2.19. The van der Waals surface area contributed by atoms with E-state index >= 15 is 0 Å². The molecule has 0 aliphatic carbocycles. The van der Waals surface area contributed by atoms with Crippen molar-refractivity contribution < 1.29 is 9.84 Å². The van der Waals surface area contributed by atoms with Crippen molar-refractivity contribution in [3.05, 3.63) is 29.6 Å². The zero-order chi connectivity index (χ0) is 12.0. The van der Waals surface area contributed by atoms with Gasteiger partial charge in [0.1, 0.15) is 0 Å². The van der Waals surface area contributed by atoms with E-state index in [4.69, 9.17) is 4.74 Å². The summed E-state index contributed by atoms with van der Waals surface area (Å²) in [6.07, 6.45) is -0.445. The van der Waals surface area contributed by atoms with Crippen LogP contribution in [0, 0.1) is 6.92 Å². The maximum absolute atomic E-state index is 9.57. The van der Waals surface area contributed by atoms with Crippen molar-refractivity contribution in [1.29, 1.82) is 0 Å². The fourth-order valence-corrected chi connectivity index (χ4v) is 1.63. The van der Waals surface area contributed by atoms with Crippen LogP contribution < -0.4 is 0 Å². The summed E-state index contributed by atoms with van der Waals surface area (Å²) in [5, 5.41) is 9.57. The monoisotopic (exact) mass is 224 g/mol. The number of rotatable bonds is 6. The van der Waals surface area contributed by atoms with Crippen LogP contribution in [0.15, 0.2) is 18.2 Å². The van der Waals surface area contributed by atoms with E-state index in [9.17, 15) is 5.11 Å². The minimum absolute atomic E-state index is 0.367. The molecule has 0 aromatic carbocycles. The SMILES string of the molecule is COCC(O)CN(C)Cc1cccc(C)n1. The molecule has 1 unspecified atom stereocenters. The van der Waals surface area contributed by atoms with E-state index in [1.807, 2.05) is 37.1 Å². The molecule has 4 nitrogen and oxygen atoms in total. The van der Waals surface area contributed by atoms with E-state index < -0.39 is 6.10 Å². The number of nitrogens with zero attached hydrogens (tertiary/aromatic N) is 2. The molecular formula is C12H20N2O2. The maximum Gasteiger partial charge on any atom is 0.0900 e. The molecule has 0 bridgehead atoms. The van der Waals surface area contributed by atoms with Crippen LogP contribution in [-0.4, -0.2) is 48.4 Å². The van der Waals surface area contributed by atoms with Crippen LogP contribution in [0.2, 0.25) is 0 Å². The summed E-state index contributed by atoms with van der Waals surface area (Å²) in [5.41, 5.74) is 2.04. The Hall–Kier alpha value is -0.970. The second-order valence-corrected chi connectivity index (χ2v) is 4.08. The van der Waals surface area contributed by atoms with Gasteiger partial charge >= 0.3 is 0 Å². The number of methoxy groups -OCH3 is 1. The molecular weight excluding hydrogens is 204 g/mol. The van der Waals surface area contributed by atoms with Gasteiger partial charge in [-0.1, -0.05) is 6.07 Å². The highest BCUT2D eigenvalue weighted by Gasteiger charge is 2.08. The van der Waals surface area contributed by atoms with Gasteiger partial charge in [-0.05, 0) is 26.1 Å². The molecule has 90 valence electrons. The highest BCUT2D eigenvalue weighted by Crippen LogP contribution is 2.02. The third kappa shape index (κ3) is 4.70. The summed E-state index contributed by atoms with van der Waals surface area (Å²) in [5.74, 6) is 0. The first kappa shape index (κ1) is 13.1. The van der Waals surface area contributed by atoms with E-state index in [0.29, 0.717) is 13.2 Å². The molecule has 0 aliphatic heterocycles. The number of hydrogen-bond donors (Lipinski definition) is 1. The van der Waals surface area contributed by atoms with Crippen molar-refractivity contribution in [3.8, 4) is 0 Å². The molecule has 0 saturated heterocycles. The summed E-state index contributed by atoms with van der Waals surface area (Å²) >= 11 is 0. The van der Waals surface area contributed by atoms with E-state index in [2.05, 4.69) is 4.98 Å². The minimum Gasteiger partial charge on any atom is -0.389 e. The molecule has 1 atom stereocenters. The smallest absolute Gasteiger partial charge is 0.0900 e.